The van der Waals surface area contributed by atoms with Crippen LogP contribution in [0.4, 0.5) is 0 Å². The fourth-order valence-corrected chi connectivity index (χ4v) is 2.73. The first-order chi connectivity index (χ1) is 8.79. The molecule has 0 aromatic rings. The highest BCUT2D eigenvalue weighted by molar-refractivity contribution is 7.52. The summed E-state index contributed by atoms with van der Waals surface area (Å²) in [6, 6.07) is 0. The smallest absolute Gasteiger partial charge is 0.326 e. The number of nitrogens with zero attached hydrogens (tertiary/aromatic N) is 2. The summed E-state index contributed by atoms with van der Waals surface area (Å²) in [5.41, 5.74) is 0. The lowest BCUT2D eigenvalue weighted by molar-refractivity contribution is -0.870. The second-order valence-electron chi connectivity index (χ2n) is 5.99. The Morgan fingerprint density at radius 3 is 1.55 bits per heavy atom. The SMILES string of the molecule is C[N+](C)(C)CCCN(CCP(=O)(O)O)CCP(=O)(O)O. The molecule has 0 heterocycles. The van der Waals surface area contributed by atoms with Crippen LogP contribution in [-0.2, 0) is 9.13 Å². The second kappa shape index (κ2) is 8.01. The summed E-state index contributed by atoms with van der Waals surface area (Å²) in [7, 11) is -2.06. The molecule has 4 N–H and O–H groups in total. The molecule has 0 aliphatic heterocycles. The minimum atomic E-state index is -4.09. The third kappa shape index (κ3) is 14.6. The van der Waals surface area contributed by atoms with Crippen LogP contribution in [0.25, 0.3) is 0 Å². The molecule has 0 spiro atoms. The average Bonchev–Trinajstić information content (AvgIpc) is 2.16. The van der Waals surface area contributed by atoms with Gasteiger partial charge in [-0.3, -0.25) is 9.13 Å². The van der Waals surface area contributed by atoms with E-state index in [0.29, 0.717) is 6.54 Å². The molecular weight excluding hydrogens is 306 g/mol. The fourth-order valence-electron chi connectivity index (χ4n) is 1.65. The minimum absolute atomic E-state index is 0.140. The van der Waals surface area contributed by atoms with Gasteiger partial charge in [-0.25, -0.2) is 0 Å². The zero-order valence-electron chi connectivity index (χ0n) is 12.3. The average molecular weight is 333 g/mol. The molecule has 0 amide bonds. The van der Waals surface area contributed by atoms with Gasteiger partial charge in [-0.05, 0) is 0 Å². The van der Waals surface area contributed by atoms with Crippen molar-refractivity contribution in [2.75, 3.05) is 59.6 Å². The summed E-state index contributed by atoms with van der Waals surface area (Å²) in [4.78, 5) is 37.2. The molecule has 0 rings (SSSR count). The van der Waals surface area contributed by atoms with Gasteiger partial charge in [0.1, 0.15) is 0 Å². The second-order valence-corrected chi connectivity index (χ2v) is 9.54. The lowest BCUT2D eigenvalue weighted by atomic mass is 10.3. The zero-order chi connectivity index (χ0) is 16.0. The van der Waals surface area contributed by atoms with Crippen LogP contribution in [0.1, 0.15) is 6.42 Å². The van der Waals surface area contributed by atoms with Gasteiger partial charge in [0.2, 0.25) is 0 Å². The molecule has 0 aromatic heterocycles. The Bertz CT molecular complexity index is 346. The molecule has 0 aromatic carbocycles. The van der Waals surface area contributed by atoms with Crippen LogP contribution >= 0.6 is 15.2 Å². The highest BCUT2D eigenvalue weighted by Gasteiger charge is 2.20. The first-order valence-electron chi connectivity index (χ1n) is 6.40. The Kier molecular flexibility index (Phi) is 8.10. The highest BCUT2D eigenvalue weighted by atomic mass is 31.2. The molecule has 0 aliphatic rings. The van der Waals surface area contributed by atoms with E-state index >= 15 is 0 Å². The fraction of sp³-hybridized carbons (Fsp3) is 1.00. The van der Waals surface area contributed by atoms with E-state index in [1.54, 1.807) is 4.90 Å². The van der Waals surface area contributed by atoms with E-state index in [2.05, 4.69) is 0 Å². The molecule has 8 nitrogen and oxygen atoms in total. The Hall–Kier alpha value is 0.220. The van der Waals surface area contributed by atoms with Gasteiger partial charge < -0.3 is 29.0 Å². The van der Waals surface area contributed by atoms with Gasteiger partial charge in [0.05, 0.1) is 40.0 Å². The largest absolute Gasteiger partial charge is 0.331 e. The number of quaternary nitrogens is 1. The normalized spacial score (nSPS) is 14.0. The van der Waals surface area contributed by atoms with Crippen LogP contribution in [-0.4, -0.2) is 88.6 Å². The van der Waals surface area contributed by atoms with Crippen molar-refractivity contribution in [1.29, 1.82) is 0 Å². The minimum Gasteiger partial charge on any atom is -0.331 e. The predicted molar refractivity (Wildman–Crippen MR) is 77.8 cm³/mol. The molecule has 0 saturated heterocycles. The quantitative estimate of drug-likeness (QED) is 0.321. The van der Waals surface area contributed by atoms with Crippen molar-refractivity contribution >= 4 is 15.2 Å². The summed E-state index contributed by atoms with van der Waals surface area (Å²) < 4.78 is 22.5. The summed E-state index contributed by atoms with van der Waals surface area (Å²) in [6.45, 7) is 1.72. The number of hydrogen-bond acceptors (Lipinski definition) is 3. The Balaban J connectivity index is 4.31. The summed E-state index contributed by atoms with van der Waals surface area (Å²) in [5.74, 6) is 0. The van der Waals surface area contributed by atoms with Gasteiger partial charge in [0.25, 0.3) is 0 Å². The third-order valence-electron chi connectivity index (χ3n) is 2.72. The van der Waals surface area contributed by atoms with Gasteiger partial charge in [0.15, 0.2) is 0 Å². The van der Waals surface area contributed by atoms with E-state index in [4.69, 9.17) is 19.6 Å². The maximum Gasteiger partial charge on any atom is 0.326 e. The molecule has 0 unspecified atom stereocenters. The Labute approximate surface area is 120 Å². The van der Waals surface area contributed by atoms with Crippen molar-refractivity contribution in [3.8, 4) is 0 Å². The molecule has 10 heteroatoms. The zero-order valence-corrected chi connectivity index (χ0v) is 14.1. The number of rotatable bonds is 10. The van der Waals surface area contributed by atoms with Crippen molar-refractivity contribution < 1.29 is 33.2 Å². The van der Waals surface area contributed by atoms with Crippen LogP contribution in [0, 0.1) is 0 Å². The van der Waals surface area contributed by atoms with Gasteiger partial charge in [-0.15, -0.1) is 0 Å². The first-order valence-corrected chi connectivity index (χ1v) is 10.00. The maximum absolute atomic E-state index is 10.9. The molecule has 0 fully saturated rings. The predicted octanol–water partition coefficient (Wildman–Crippen LogP) is -0.260. The van der Waals surface area contributed by atoms with E-state index < -0.39 is 15.2 Å². The van der Waals surface area contributed by atoms with Gasteiger partial charge in [-0.1, -0.05) is 0 Å². The lowest BCUT2D eigenvalue weighted by Crippen LogP contribution is -2.38. The first kappa shape index (κ1) is 20.2. The monoisotopic (exact) mass is 333 g/mol. The van der Waals surface area contributed by atoms with Crippen molar-refractivity contribution in [3.05, 3.63) is 0 Å². The molecule has 0 aliphatic carbocycles. The molecule has 0 atom stereocenters. The third-order valence-corrected chi connectivity index (χ3v) is 4.28. The van der Waals surface area contributed by atoms with Crippen LogP contribution < -0.4 is 0 Å². The van der Waals surface area contributed by atoms with Crippen LogP contribution in [0.2, 0.25) is 0 Å². The molecule has 20 heavy (non-hydrogen) atoms. The number of hydrogen-bond donors (Lipinski definition) is 4. The van der Waals surface area contributed by atoms with E-state index in [1.165, 1.54) is 0 Å². The van der Waals surface area contributed by atoms with Gasteiger partial charge >= 0.3 is 15.2 Å². The molecular formula is C10H27N2O6P2+. The Morgan fingerprint density at radius 2 is 1.25 bits per heavy atom. The summed E-state index contributed by atoms with van der Waals surface area (Å²) in [6.07, 6.45) is 0.211. The Morgan fingerprint density at radius 1 is 0.850 bits per heavy atom. The van der Waals surface area contributed by atoms with Gasteiger partial charge in [0, 0.05) is 26.1 Å². The molecule has 0 bridgehead atoms. The van der Waals surface area contributed by atoms with Crippen molar-refractivity contribution in [2.24, 2.45) is 0 Å². The van der Waals surface area contributed by atoms with Gasteiger partial charge in [-0.2, -0.15) is 0 Å². The van der Waals surface area contributed by atoms with E-state index in [0.717, 1.165) is 17.4 Å². The standard InChI is InChI=1S/C10H26N2O6P2/c1-12(2,3)8-4-5-11(6-9-19(13,14)15)7-10-20(16,17)18/h4-10H2,1-3H3,(H3-,13,14,15,16,17,18)/p+1. The maximum atomic E-state index is 10.9. The van der Waals surface area contributed by atoms with E-state index in [-0.39, 0.29) is 25.4 Å². The van der Waals surface area contributed by atoms with Crippen LogP contribution in [0.5, 0.6) is 0 Å². The molecule has 0 radical (unpaired) electrons. The van der Waals surface area contributed by atoms with Crippen molar-refractivity contribution in [2.45, 2.75) is 6.42 Å². The van der Waals surface area contributed by atoms with E-state index in [9.17, 15) is 9.13 Å². The summed E-state index contributed by atoms with van der Waals surface area (Å²) >= 11 is 0. The van der Waals surface area contributed by atoms with Crippen LogP contribution in [0.3, 0.4) is 0 Å². The lowest BCUT2D eigenvalue weighted by Gasteiger charge is -2.27. The van der Waals surface area contributed by atoms with Crippen LogP contribution in [0.15, 0.2) is 0 Å². The molecule has 122 valence electrons. The summed E-state index contributed by atoms with van der Waals surface area (Å²) in [5, 5.41) is 0. The highest BCUT2D eigenvalue weighted by Crippen LogP contribution is 2.35. The van der Waals surface area contributed by atoms with E-state index in [1.807, 2.05) is 21.1 Å². The topological polar surface area (TPSA) is 118 Å². The van der Waals surface area contributed by atoms with Crippen molar-refractivity contribution in [1.82, 2.24) is 4.90 Å². The van der Waals surface area contributed by atoms with Crippen molar-refractivity contribution in [3.63, 3.8) is 0 Å². The molecule has 0 saturated carbocycles.